The van der Waals surface area contributed by atoms with Crippen LogP contribution >= 0.6 is 72.4 Å². The highest BCUT2D eigenvalue weighted by Gasteiger charge is 2.04. The Morgan fingerprint density at radius 3 is 2.67 bits per heavy atom. The van der Waals surface area contributed by atoms with E-state index in [-0.39, 0.29) is 0 Å². The molecule has 2 rings (SSSR count). The highest BCUT2D eigenvalue weighted by atomic mass is 127. The first kappa shape index (κ1) is 9.67. The quantitative estimate of drug-likeness (QED) is 0.488. The topological polar surface area (TPSA) is 0 Å². The summed E-state index contributed by atoms with van der Waals surface area (Å²) in [6, 6.07) is 6.57. The molecule has 0 N–H and O–H groups in total. The van der Waals surface area contributed by atoms with Crippen LogP contribution in [0.4, 0.5) is 0 Å². The van der Waals surface area contributed by atoms with Gasteiger partial charge < -0.3 is 0 Å². The summed E-state index contributed by atoms with van der Waals surface area (Å²) in [6.07, 6.45) is 0. The first-order valence-corrected chi connectivity index (χ1v) is 6.97. The van der Waals surface area contributed by atoms with Crippen molar-refractivity contribution < 1.29 is 0 Å². The second-order valence-electron chi connectivity index (χ2n) is 2.36. The third-order valence-corrected chi connectivity index (χ3v) is 4.96. The van der Waals surface area contributed by atoms with Crippen molar-refractivity contribution in [1.29, 1.82) is 0 Å². The molecule has 0 aliphatic heterocycles. The van der Waals surface area contributed by atoms with Crippen molar-refractivity contribution in [1.82, 2.24) is 0 Å². The Bertz CT molecular complexity index is 436. The van der Waals surface area contributed by atoms with E-state index in [1.54, 1.807) is 0 Å². The fraction of sp³-hybridized carbons (Fsp3) is 0. The van der Waals surface area contributed by atoms with Gasteiger partial charge in [-0.05, 0) is 84.7 Å². The van der Waals surface area contributed by atoms with E-state index in [4.69, 9.17) is 0 Å². The van der Waals surface area contributed by atoms with E-state index in [0.717, 1.165) is 0 Å². The normalized spacial score (nSPS) is 10.9. The Hall–Kier alpha value is 1.12. The molecule has 0 spiro atoms. The van der Waals surface area contributed by atoms with Gasteiger partial charge in [0.2, 0.25) is 0 Å². The molecular weight excluding hydrogens is 462 g/mol. The number of rotatable bonds is 0. The van der Waals surface area contributed by atoms with Crippen molar-refractivity contribution in [2.75, 3.05) is 0 Å². The molecule has 0 atom stereocenters. The molecule has 0 amide bonds. The Labute approximate surface area is 110 Å². The Morgan fingerprint density at radius 2 is 1.92 bits per heavy atom. The van der Waals surface area contributed by atoms with Crippen LogP contribution in [0.5, 0.6) is 0 Å². The minimum atomic E-state index is 1.21. The molecule has 1 aromatic heterocycles. The van der Waals surface area contributed by atoms with E-state index in [2.05, 4.69) is 79.3 Å². The van der Waals surface area contributed by atoms with E-state index < -0.39 is 0 Å². The molecule has 62 valence electrons. The number of benzene rings is 1. The molecule has 0 unspecified atom stereocenters. The third kappa shape index (κ3) is 1.80. The Morgan fingerprint density at radius 1 is 1.17 bits per heavy atom. The maximum Gasteiger partial charge on any atom is 0.0666 e. The Kier molecular flexibility index (Phi) is 2.98. The van der Waals surface area contributed by atoms with E-state index in [0.29, 0.717) is 0 Å². The van der Waals surface area contributed by atoms with E-state index in [9.17, 15) is 0 Å². The second-order valence-corrected chi connectivity index (χ2v) is 7.40. The molecule has 0 fully saturated rings. The predicted octanol–water partition coefficient (Wildman–Crippen LogP) is 4.87. The number of halogens is 3. The van der Waals surface area contributed by atoms with Gasteiger partial charge in [0.1, 0.15) is 0 Å². The summed E-state index contributed by atoms with van der Waals surface area (Å²) in [5.74, 6) is 0. The molecule has 1 heterocycles. The summed E-state index contributed by atoms with van der Waals surface area (Å²) in [7, 11) is 0. The van der Waals surface area contributed by atoms with Crippen LogP contribution in [0.1, 0.15) is 0 Å². The van der Waals surface area contributed by atoms with Gasteiger partial charge in [0.15, 0.2) is 0 Å². The van der Waals surface area contributed by atoms with Crippen LogP contribution in [0.15, 0.2) is 22.7 Å². The van der Waals surface area contributed by atoms with Crippen molar-refractivity contribution in [3.8, 4) is 0 Å². The van der Waals surface area contributed by atoms with E-state index in [1.807, 2.05) is 11.3 Å². The predicted molar refractivity (Wildman–Crippen MR) is 75.0 cm³/mol. The summed E-state index contributed by atoms with van der Waals surface area (Å²) in [5.41, 5.74) is 0. The van der Waals surface area contributed by atoms with Crippen LogP contribution in [0, 0.1) is 6.45 Å². The molecule has 0 nitrogen and oxygen atoms in total. The van der Waals surface area contributed by atoms with Crippen LogP contribution in [0.3, 0.4) is 0 Å². The smallest absolute Gasteiger partial charge is 0.0666 e. The number of hydrogen-bond acceptors (Lipinski definition) is 1. The van der Waals surface area contributed by atoms with Crippen molar-refractivity contribution in [3.63, 3.8) is 0 Å². The minimum Gasteiger partial charge on any atom is -0.128 e. The average molecular weight is 465 g/mol. The van der Waals surface area contributed by atoms with Gasteiger partial charge in [-0.2, -0.15) is 0 Å². The van der Waals surface area contributed by atoms with Gasteiger partial charge in [-0.3, -0.25) is 0 Å². The van der Waals surface area contributed by atoms with Gasteiger partial charge >= 0.3 is 0 Å². The van der Waals surface area contributed by atoms with Gasteiger partial charge in [0, 0.05) is 12.7 Å². The molecule has 0 saturated heterocycles. The van der Waals surface area contributed by atoms with Crippen LogP contribution in [-0.4, -0.2) is 0 Å². The maximum atomic E-state index is 3.56. The van der Waals surface area contributed by atoms with E-state index >= 15 is 0 Å². The van der Waals surface area contributed by atoms with Crippen LogP contribution in [-0.2, 0) is 0 Å². The highest BCUT2D eigenvalue weighted by Crippen LogP contribution is 2.34. The standard InChI is InChI=1S/C8H3BrI2S/c9-6-3-5(10)1-4-2-7(11)12-8(4)6/h1-3H. The fourth-order valence-corrected chi connectivity index (χ4v) is 4.61. The minimum absolute atomic E-state index is 1.21. The number of fused-ring (bicyclic) bond motifs is 1. The monoisotopic (exact) mass is 464 g/mol. The van der Waals surface area contributed by atoms with Crippen molar-refractivity contribution >= 4 is 82.5 Å². The molecule has 1 aromatic carbocycles. The zero-order chi connectivity index (χ0) is 8.72. The molecule has 0 aliphatic rings. The van der Waals surface area contributed by atoms with Gasteiger partial charge in [-0.15, -0.1) is 11.3 Å². The lowest BCUT2D eigenvalue weighted by Gasteiger charge is -1.94. The van der Waals surface area contributed by atoms with Crippen LogP contribution < -0.4 is 0 Å². The largest absolute Gasteiger partial charge is 0.128 e. The zero-order valence-electron chi connectivity index (χ0n) is 5.77. The van der Waals surface area contributed by atoms with Gasteiger partial charge in [0.25, 0.3) is 0 Å². The first-order chi connectivity index (χ1) is 5.66. The highest BCUT2D eigenvalue weighted by molar-refractivity contribution is 14.1. The van der Waals surface area contributed by atoms with Crippen molar-refractivity contribution in [3.05, 3.63) is 29.1 Å². The summed E-state index contributed by atoms with van der Waals surface area (Å²) in [6.45, 7) is 0. The van der Waals surface area contributed by atoms with E-state index in [1.165, 1.54) is 21.0 Å². The summed E-state index contributed by atoms with van der Waals surface area (Å²) in [5, 5.41) is 1.34. The second kappa shape index (κ2) is 3.70. The zero-order valence-corrected chi connectivity index (χ0v) is 12.5. The average Bonchev–Trinajstić information content (AvgIpc) is 2.29. The number of thiophene rings is 1. The molecule has 2 aromatic rings. The third-order valence-electron chi connectivity index (χ3n) is 1.51. The molecule has 0 aliphatic carbocycles. The first-order valence-electron chi connectivity index (χ1n) is 3.21. The summed E-state index contributed by atoms with van der Waals surface area (Å²) in [4.78, 5) is 0. The molecule has 4 heteroatoms. The summed E-state index contributed by atoms with van der Waals surface area (Å²) < 4.78 is 5.17. The fourth-order valence-electron chi connectivity index (χ4n) is 1.04. The molecule has 0 saturated carbocycles. The SMILES string of the molecule is Brc1cc(I)cc2cc(I)sc12. The molecule has 0 bridgehead atoms. The lowest BCUT2D eigenvalue weighted by Crippen LogP contribution is -1.70. The molecule has 0 radical (unpaired) electrons. The number of hydrogen-bond donors (Lipinski definition) is 0. The van der Waals surface area contributed by atoms with Gasteiger partial charge in [-0.1, -0.05) is 0 Å². The molecule has 12 heavy (non-hydrogen) atoms. The van der Waals surface area contributed by atoms with Crippen LogP contribution in [0.2, 0.25) is 0 Å². The van der Waals surface area contributed by atoms with Gasteiger partial charge in [0.05, 0.1) is 2.88 Å². The maximum absolute atomic E-state index is 3.56. The van der Waals surface area contributed by atoms with Crippen molar-refractivity contribution in [2.45, 2.75) is 0 Å². The lowest BCUT2D eigenvalue weighted by molar-refractivity contribution is 1.71. The van der Waals surface area contributed by atoms with Crippen molar-refractivity contribution in [2.24, 2.45) is 0 Å². The van der Waals surface area contributed by atoms with Gasteiger partial charge in [-0.25, -0.2) is 0 Å². The lowest BCUT2D eigenvalue weighted by atomic mass is 10.3. The van der Waals surface area contributed by atoms with Crippen LogP contribution in [0.25, 0.3) is 10.1 Å². The Balaban J connectivity index is 2.88. The molecular formula is C8H3BrI2S. The summed E-state index contributed by atoms with van der Waals surface area (Å²) >= 11 is 10.1.